The van der Waals surface area contributed by atoms with Crippen molar-refractivity contribution in [1.29, 1.82) is 0 Å². The predicted molar refractivity (Wildman–Crippen MR) is 108 cm³/mol. The lowest BCUT2D eigenvalue weighted by Gasteiger charge is -2.31. The molecule has 2 amide bonds. The Bertz CT molecular complexity index is 715. The fourth-order valence-electron chi connectivity index (χ4n) is 4.50. The van der Waals surface area contributed by atoms with Gasteiger partial charge < -0.3 is 19.7 Å². The van der Waals surface area contributed by atoms with Crippen LogP contribution in [0.15, 0.2) is 18.3 Å². The molecule has 0 radical (unpaired) electrons. The Hall–Kier alpha value is -1.86. The number of nitrogens with zero attached hydrogens (tertiary/aromatic N) is 2. The van der Waals surface area contributed by atoms with Gasteiger partial charge in [0.15, 0.2) is 0 Å². The number of amides is 2. The van der Waals surface area contributed by atoms with Crippen molar-refractivity contribution in [3.63, 3.8) is 0 Å². The van der Waals surface area contributed by atoms with E-state index in [4.69, 9.17) is 21.1 Å². The molecule has 2 saturated heterocycles. The Morgan fingerprint density at radius 3 is 2.62 bits per heavy atom. The van der Waals surface area contributed by atoms with Crippen molar-refractivity contribution < 1.29 is 19.1 Å². The molecule has 1 atom stereocenters. The first-order valence-electron chi connectivity index (χ1n) is 10.5. The molecule has 1 aromatic heterocycles. The number of rotatable bonds is 5. The fourth-order valence-corrected chi connectivity index (χ4v) is 4.62. The maximum atomic E-state index is 12.7. The van der Waals surface area contributed by atoms with E-state index in [1.165, 1.54) is 0 Å². The van der Waals surface area contributed by atoms with Crippen LogP contribution in [0.25, 0.3) is 0 Å². The molecule has 8 heteroatoms. The summed E-state index contributed by atoms with van der Waals surface area (Å²) in [5.41, 5.74) is 0. The third-order valence-corrected chi connectivity index (χ3v) is 6.39. The van der Waals surface area contributed by atoms with Crippen LogP contribution in [0, 0.1) is 5.92 Å². The van der Waals surface area contributed by atoms with Gasteiger partial charge in [-0.2, -0.15) is 0 Å². The summed E-state index contributed by atoms with van der Waals surface area (Å²) >= 11 is 5.85. The van der Waals surface area contributed by atoms with Crippen LogP contribution in [-0.2, 0) is 14.3 Å². The second kappa shape index (κ2) is 9.30. The number of hydrogen-bond donors (Lipinski definition) is 1. The average molecular weight is 422 g/mol. The van der Waals surface area contributed by atoms with Gasteiger partial charge in [0.25, 0.3) is 0 Å². The van der Waals surface area contributed by atoms with Gasteiger partial charge in [-0.05, 0) is 44.6 Å². The molecule has 1 aliphatic carbocycles. The zero-order chi connectivity index (χ0) is 20.2. The van der Waals surface area contributed by atoms with E-state index in [9.17, 15) is 9.59 Å². The van der Waals surface area contributed by atoms with Crippen LogP contribution in [-0.4, -0.2) is 59.6 Å². The molecule has 0 bridgehead atoms. The van der Waals surface area contributed by atoms with Gasteiger partial charge in [0, 0.05) is 50.5 Å². The molecule has 2 aliphatic heterocycles. The number of aromatic nitrogens is 1. The molecule has 1 N–H and O–H groups in total. The van der Waals surface area contributed by atoms with Gasteiger partial charge in [0.1, 0.15) is 6.10 Å². The van der Waals surface area contributed by atoms with Crippen LogP contribution >= 0.6 is 11.6 Å². The lowest BCUT2D eigenvalue weighted by Crippen LogP contribution is -2.44. The number of ether oxygens (including phenoxy) is 2. The Labute approximate surface area is 176 Å². The Balaban J connectivity index is 1.21. The van der Waals surface area contributed by atoms with Crippen molar-refractivity contribution >= 4 is 23.4 Å². The summed E-state index contributed by atoms with van der Waals surface area (Å²) in [5, 5.41) is 3.75. The van der Waals surface area contributed by atoms with Crippen molar-refractivity contribution in [2.24, 2.45) is 5.92 Å². The van der Waals surface area contributed by atoms with E-state index in [2.05, 4.69) is 10.3 Å². The summed E-state index contributed by atoms with van der Waals surface area (Å²) in [6.07, 6.45) is 7.22. The van der Waals surface area contributed by atoms with Crippen molar-refractivity contribution in [3.05, 3.63) is 23.4 Å². The minimum absolute atomic E-state index is 0.0108. The zero-order valence-corrected chi connectivity index (χ0v) is 17.3. The van der Waals surface area contributed by atoms with Crippen molar-refractivity contribution in [2.75, 3.05) is 19.8 Å². The van der Waals surface area contributed by atoms with Gasteiger partial charge in [0.05, 0.1) is 10.9 Å². The first kappa shape index (κ1) is 20.4. The highest BCUT2D eigenvalue weighted by atomic mass is 35.5. The molecule has 1 aromatic rings. The number of pyridine rings is 1. The highest BCUT2D eigenvalue weighted by molar-refractivity contribution is 6.30. The van der Waals surface area contributed by atoms with Crippen molar-refractivity contribution in [3.8, 4) is 5.88 Å². The molecule has 1 unspecified atom stereocenters. The molecule has 158 valence electrons. The smallest absolute Gasteiger partial charge is 0.225 e. The van der Waals surface area contributed by atoms with Crippen LogP contribution in [0.2, 0.25) is 5.02 Å². The summed E-state index contributed by atoms with van der Waals surface area (Å²) in [7, 11) is 0. The standard InChI is InChI=1S/C21H28ClN3O4/c22-15-1-6-19(23-12-15)29-18-4-2-16(3-5-18)24-21(27)14-11-20(26)25(13-14)17-7-9-28-10-8-17/h1,6,12,14,16-18H,2-5,7-11,13H2,(H,24,27). The lowest BCUT2D eigenvalue weighted by atomic mass is 9.92. The van der Waals surface area contributed by atoms with Gasteiger partial charge in [-0.1, -0.05) is 11.6 Å². The maximum Gasteiger partial charge on any atom is 0.225 e. The molecule has 3 fully saturated rings. The fraction of sp³-hybridized carbons (Fsp3) is 0.667. The summed E-state index contributed by atoms with van der Waals surface area (Å²) in [6, 6.07) is 3.91. The van der Waals surface area contributed by atoms with E-state index in [-0.39, 0.29) is 35.9 Å². The van der Waals surface area contributed by atoms with Gasteiger partial charge in [-0.15, -0.1) is 0 Å². The van der Waals surface area contributed by atoms with Crippen molar-refractivity contribution in [2.45, 2.75) is 63.1 Å². The van der Waals surface area contributed by atoms with Gasteiger partial charge in [-0.3, -0.25) is 9.59 Å². The largest absolute Gasteiger partial charge is 0.474 e. The monoisotopic (exact) mass is 421 g/mol. The van der Waals surface area contributed by atoms with Crippen LogP contribution in [0.1, 0.15) is 44.9 Å². The minimum Gasteiger partial charge on any atom is -0.474 e. The summed E-state index contributed by atoms with van der Waals surface area (Å²) in [5.74, 6) is 0.457. The van der Waals surface area contributed by atoms with Crippen LogP contribution in [0.3, 0.4) is 0 Å². The molecule has 3 heterocycles. The van der Waals surface area contributed by atoms with Crippen molar-refractivity contribution in [1.82, 2.24) is 15.2 Å². The number of likely N-dealkylation sites (tertiary alicyclic amines) is 1. The molecule has 1 saturated carbocycles. The molecule has 3 aliphatic rings. The van der Waals surface area contributed by atoms with Gasteiger partial charge in [0.2, 0.25) is 17.7 Å². The molecular formula is C21H28ClN3O4. The second-order valence-corrected chi connectivity index (χ2v) is 8.64. The Morgan fingerprint density at radius 1 is 1.17 bits per heavy atom. The number of nitrogens with one attached hydrogen (secondary N) is 1. The van der Waals surface area contributed by atoms with E-state index in [0.29, 0.717) is 37.1 Å². The van der Waals surface area contributed by atoms with E-state index < -0.39 is 0 Å². The number of hydrogen-bond acceptors (Lipinski definition) is 5. The van der Waals surface area contributed by atoms with Gasteiger partial charge >= 0.3 is 0 Å². The topological polar surface area (TPSA) is 80.8 Å². The SMILES string of the molecule is O=C(NC1CCC(Oc2ccc(Cl)cn2)CC1)C1CC(=O)N(C2CCOCC2)C1. The number of carbonyl (C=O) groups is 2. The Kier molecular flexibility index (Phi) is 6.55. The quantitative estimate of drug-likeness (QED) is 0.790. The van der Waals surface area contributed by atoms with Crippen LogP contribution in [0.4, 0.5) is 0 Å². The van der Waals surface area contributed by atoms with Crippen LogP contribution < -0.4 is 10.1 Å². The van der Waals surface area contributed by atoms with E-state index in [1.807, 2.05) is 4.90 Å². The molecule has 4 rings (SSSR count). The van der Waals surface area contributed by atoms with E-state index in [0.717, 1.165) is 38.5 Å². The summed E-state index contributed by atoms with van der Waals surface area (Å²) < 4.78 is 11.3. The summed E-state index contributed by atoms with van der Waals surface area (Å²) in [6.45, 7) is 1.93. The van der Waals surface area contributed by atoms with E-state index in [1.54, 1.807) is 18.3 Å². The minimum atomic E-state index is -0.238. The van der Waals surface area contributed by atoms with Crippen LogP contribution in [0.5, 0.6) is 5.88 Å². The van der Waals surface area contributed by atoms with Gasteiger partial charge in [-0.25, -0.2) is 4.98 Å². The maximum absolute atomic E-state index is 12.7. The van der Waals surface area contributed by atoms with E-state index >= 15 is 0 Å². The normalized spacial score (nSPS) is 28.4. The highest BCUT2D eigenvalue weighted by Crippen LogP contribution is 2.27. The zero-order valence-electron chi connectivity index (χ0n) is 16.5. The third kappa shape index (κ3) is 5.20. The Morgan fingerprint density at radius 2 is 1.93 bits per heavy atom. The highest BCUT2D eigenvalue weighted by Gasteiger charge is 2.39. The average Bonchev–Trinajstić information content (AvgIpc) is 3.14. The third-order valence-electron chi connectivity index (χ3n) is 6.17. The molecule has 0 aromatic carbocycles. The molecule has 29 heavy (non-hydrogen) atoms. The second-order valence-electron chi connectivity index (χ2n) is 8.21. The first-order chi connectivity index (χ1) is 14.1. The summed E-state index contributed by atoms with van der Waals surface area (Å²) in [4.78, 5) is 31.2. The number of carbonyl (C=O) groups excluding carboxylic acids is 2. The molecular weight excluding hydrogens is 394 g/mol. The number of halogens is 1. The molecule has 7 nitrogen and oxygen atoms in total. The lowest BCUT2D eigenvalue weighted by molar-refractivity contribution is -0.131. The predicted octanol–water partition coefficient (Wildman–Crippen LogP) is 2.57. The first-order valence-corrected chi connectivity index (χ1v) is 10.9. The molecule has 0 spiro atoms.